The van der Waals surface area contributed by atoms with Gasteiger partial charge in [0.1, 0.15) is 12.4 Å². The van der Waals surface area contributed by atoms with Gasteiger partial charge in [0.25, 0.3) is 15.9 Å². The van der Waals surface area contributed by atoms with Crippen molar-refractivity contribution in [3.8, 4) is 17.1 Å². The van der Waals surface area contributed by atoms with Gasteiger partial charge in [-0.1, -0.05) is 35.9 Å². The van der Waals surface area contributed by atoms with E-state index in [9.17, 15) is 12.8 Å². The third-order valence-corrected chi connectivity index (χ3v) is 5.91. The third-order valence-electron chi connectivity index (χ3n) is 4.55. The van der Waals surface area contributed by atoms with Crippen molar-refractivity contribution in [2.75, 3.05) is 4.72 Å². The van der Waals surface area contributed by atoms with Crippen molar-refractivity contribution in [2.24, 2.45) is 0 Å². The quantitative estimate of drug-likeness (QED) is 0.449. The Morgan fingerprint density at radius 3 is 2.50 bits per heavy atom. The van der Waals surface area contributed by atoms with E-state index in [4.69, 9.17) is 4.74 Å². The molecule has 162 valence electrons. The fraction of sp³-hybridized carbons (Fsp3) is 0.0870. The summed E-state index contributed by atoms with van der Waals surface area (Å²) in [7, 11) is -3.94. The summed E-state index contributed by atoms with van der Waals surface area (Å²) < 4.78 is 48.1. The fourth-order valence-corrected chi connectivity index (χ4v) is 3.89. The van der Waals surface area contributed by atoms with Crippen molar-refractivity contribution >= 4 is 15.8 Å². The van der Waals surface area contributed by atoms with Gasteiger partial charge in [-0.2, -0.15) is 0 Å². The van der Waals surface area contributed by atoms with Gasteiger partial charge in [-0.15, -0.1) is 0 Å². The number of ether oxygens (including phenoxy) is 1. The molecule has 0 saturated heterocycles. The Bertz CT molecular complexity index is 1330. The first-order chi connectivity index (χ1) is 15.4. The number of aromatic nitrogens is 3. The largest absolute Gasteiger partial charge is 0.470 e. The number of nitrogens with zero attached hydrogens (tertiary/aromatic N) is 3. The summed E-state index contributed by atoms with van der Waals surface area (Å²) in [5.74, 6) is -0.659. The van der Waals surface area contributed by atoms with Gasteiger partial charge in [-0.3, -0.25) is 9.71 Å². The van der Waals surface area contributed by atoms with Crippen molar-refractivity contribution in [3.63, 3.8) is 0 Å². The van der Waals surface area contributed by atoms with Gasteiger partial charge in [-0.05, 0) is 37.3 Å². The molecule has 9 heteroatoms. The number of aryl methyl sites for hydroxylation is 1. The molecule has 7 nitrogen and oxygen atoms in total. The van der Waals surface area contributed by atoms with E-state index < -0.39 is 15.8 Å². The zero-order valence-electron chi connectivity index (χ0n) is 17.1. The molecule has 0 spiro atoms. The van der Waals surface area contributed by atoms with Gasteiger partial charge < -0.3 is 4.74 Å². The van der Waals surface area contributed by atoms with Crippen LogP contribution >= 0.6 is 0 Å². The second-order valence-corrected chi connectivity index (χ2v) is 8.64. The van der Waals surface area contributed by atoms with Crippen molar-refractivity contribution in [2.45, 2.75) is 18.4 Å². The Hall–Kier alpha value is -3.85. The molecule has 2 heterocycles. The molecule has 32 heavy (non-hydrogen) atoms. The Morgan fingerprint density at radius 2 is 1.78 bits per heavy atom. The highest BCUT2D eigenvalue weighted by Crippen LogP contribution is 2.28. The van der Waals surface area contributed by atoms with Gasteiger partial charge in [0.05, 0.1) is 16.8 Å². The molecule has 0 amide bonds. The molecule has 0 unspecified atom stereocenters. The zero-order chi connectivity index (χ0) is 22.6. The summed E-state index contributed by atoms with van der Waals surface area (Å²) in [6.07, 6.45) is 4.54. The van der Waals surface area contributed by atoms with Gasteiger partial charge in [0.2, 0.25) is 5.82 Å². The summed E-state index contributed by atoms with van der Waals surface area (Å²) >= 11 is 0. The van der Waals surface area contributed by atoms with E-state index in [-0.39, 0.29) is 34.5 Å². The van der Waals surface area contributed by atoms with Crippen LogP contribution in [0, 0.1) is 12.7 Å². The maximum absolute atomic E-state index is 14.3. The normalized spacial score (nSPS) is 11.2. The number of rotatable bonds is 7. The molecule has 0 aliphatic rings. The number of benzene rings is 2. The number of hydrogen-bond acceptors (Lipinski definition) is 6. The molecule has 4 rings (SSSR count). The van der Waals surface area contributed by atoms with Gasteiger partial charge >= 0.3 is 0 Å². The second kappa shape index (κ2) is 9.11. The van der Waals surface area contributed by atoms with Crippen LogP contribution in [0.3, 0.4) is 0 Å². The minimum absolute atomic E-state index is 0.0706. The average molecular weight is 450 g/mol. The van der Waals surface area contributed by atoms with E-state index >= 15 is 0 Å². The monoisotopic (exact) mass is 450 g/mol. The standard InChI is InChI=1S/C23H19FN4O3S/c1-16-8-10-18(11-9-16)32(29,30)28-22-23(31-15-17-5-4-12-25-13-17)27-21(14-26-22)19-6-2-3-7-20(19)24/h2-14H,15H2,1H3,(H,26,28). The van der Waals surface area contributed by atoms with Gasteiger partial charge in [0.15, 0.2) is 0 Å². The topological polar surface area (TPSA) is 94.1 Å². The summed E-state index contributed by atoms with van der Waals surface area (Å²) in [5, 5.41) is 0. The van der Waals surface area contributed by atoms with Crippen LogP contribution in [-0.4, -0.2) is 23.4 Å². The van der Waals surface area contributed by atoms with E-state index in [2.05, 4.69) is 19.7 Å². The van der Waals surface area contributed by atoms with Crippen molar-refractivity contribution < 1.29 is 17.5 Å². The van der Waals surface area contributed by atoms with E-state index in [0.717, 1.165) is 11.1 Å². The summed E-state index contributed by atoms with van der Waals surface area (Å²) in [5.41, 5.74) is 2.11. The Morgan fingerprint density at radius 1 is 1.00 bits per heavy atom. The molecular weight excluding hydrogens is 431 g/mol. The lowest BCUT2D eigenvalue weighted by molar-refractivity contribution is 0.294. The molecule has 2 aromatic heterocycles. The molecule has 0 aliphatic heterocycles. The Kier molecular flexibility index (Phi) is 6.09. The molecule has 0 fully saturated rings. The van der Waals surface area contributed by atoms with E-state index in [1.165, 1.54) is 24.4 Å². The van der Waals surface area contributed by atoms with Crippen molar-refractivity contribution in [1.29, 1.82) is 0 Å². The van der Waals surface area contributed by atoms with Crippen LogP contribution in [-0.2, 0) is 16.6 Å². The molecule has 2 aromatic carbocycles. The van der Waals surface area contributed by atoms with Crippen molar-refractivity contribution in [3.05, 3.63) is 96.2 Å². The molecule has 0 bridgehead atoms. The van der Waals surface area contributed by atoms with E-state index in [1.54, 1.807) is 54.9 Å². The van der Waals surface area contributed by atoms with Crippen LogP contribution in [0.15, 0.2) is 84.1 Å². The van der Waals surface area contributed by atoms with Crippen LogP contribution in [0.1, 0.15) is 11.1 Å². The summed E-state index contributed by atoms with van der Waals surface area (Å²) in [4.78, 5) is 12.6. The fourth-order valence-electron chi connectivity index (χ4n) is 2.88. The Balaban J connectivity index is 1.70. The highest BCUT2D eigenvalue weighted by Gasteiger charge is 2.20. The summed E-state index contributed by atoms with van der Waals surface area (Å²) in [6, 6.07) is 16.0. The van der Waals surface area contributed by atoms with E-state index in [0.29, 0.717) is 0 Å². The molecule has 0 saturated carbocycles. The number of hydrogen-bond donors (Lipinski definition) is 1. The lowest BCUT2D eigenvalue weighted by Crippen LogP contribution is -2.16. The van der Waals surface area contributed by atoms with E-state index in [1.807, 2.05) is 6.92 Å². The lowest BCUT2D eigenvalue weighted by atomic mass is 10.1. The number of nitrogens with one attached hydrogen (secondary N) is 1. The minimum atomic E-state index is -3.94. The van der Waals surface area contributed by atoms with Gasteiger partial charge in [-0.25, -0.2) is 22.8 Å². The predicted octanol–water partition coefficient (Wildman–Crippen LogP) is 4.37. The molecule has 0 atom stereocenters. The van der Waals surface area contributed by atoms with Gasteiger partial charge in [0, 0.05) is 23.5 Å². The third kappa shape index (κ3) is 4.89. The average Bonchev–Trinajstić information content (AvgIpc) is 2.80. The SMILES string of the molecule is Cc1ccc(S(=O)(=O)Nc2ncc(-c3ccccc3F)nc2OCc2cccnc2)cc1. The smallest absolute Gasteiger partial charge is 0.263 e. The van der Waals surface area contributed by atoms with Crippen LogP contribution < -0.4 is 9.46 Å². The molecule has 1 N–H and O–H groups in total. The highest BCUT2D eigenvalue weighted by molar-refractivity contribution is 7.92. The molecule has 0 radical (unpaired) electrons. The molecule has 0 aliphatic carbocycles. The highest BCUT2D eigenvalue weighted by atomic mass is 32.2. The Labute approximate surface area is 185 Å². The maximum Gasteiger partial charge on any atom is 0.263 e. The van der Waals surface area contributed by atoms with Crippen molar-refractivity contribution in [1.82, 2.24) is 15.0 Å². The minimum Gasteiger partial charge on any atom is -0.470 e. The zero-order valence-corrected chi connectivity index (χ0v) is 17.9. The van der Waals surface area contributed by atoms with Crippen LogP contribution in [0.4, 0.5) is 10.2 Å². The summed E-state index contributed by atoms with van der Waals surface area (Å²) in [6.45, 7) is 1.93. The maximum atomic E-state index is 14.3. The lowest BCUT2D eigenvalue weighted by Gasteiger charge is -2.13. The van der Waals surface area contributed by atoms with Crippen LogP contribution in [0.2, 0.25) is 0 Å². The molecule has 4 aromatic rings. The number of anilines is 1. The van der Waals surface area contributed by atoms with Crippen LogP contribution in [0.25, 0.3) is 11.3 Å². The number of halogens is 1. The van der Waals surface area contributed by atoms with Crippen LogP contribution in [0.5, 0.6) is 5.88 Å². The first-order valence-corrected chi connectivity index (χ1v) is 11.1. The second-order valence-electron chi connectivity index (χ2n) is 6.96. The first kappa shape index (κ1) is 21.4. The number of pyridine rings is 1. The number of sulfonamides is 1. The molecular formula is C23H19FN4O3S. The first-order valence-electron chi connectivity index (χ1n) is 9.65. The predicted molar refractivity (Wildman–Crippen MR) is 118 cm³/mol.